The maximum absolute atomic E-state index is 13.8. The van der Waals surface area contributed by atoms with Gasteiger partial charge in [-0.15, -0.1) is 0 Å². The third-order valence-corrected chi connectivity index (χ3v) is 8.24. The first-order valence-corrected chi connectivity index (χ1v) is 13.9. The molecule has 0 aliphatic heterocycles. The molecule has 0 saturated carbocycles. The van der Waals surface area contributed by atoms with Crippen LogP contribution in [0.2, 0.25) is 10.0 Å². The molecule has 1 N–H and O–H groups in total. The van der Waals surface area contributed by atoms with E-state index in [-0.39, 0.29) is 23.0 Å². The second-order valence-corrected chi connectivity index (χ2v) is 11.2. The van der Waals surface area contributed by atoms with Crippen molar-refractivity contribution in [2.45, 2.75) is 38.3 Å². The van der Waals surface area contributed by atoms with Crippen molar-refractivity contribution in [3.8, 4) is 0 Å². The van der Waals surface area contributed by atoms with Gasteiger partial charge in [0.05, 0.1) is 10.6 Å². The predicted octanol–water partition coefficient (Wildman–Crippen LogP) is 5.05. The molecule has 3 aromatic rings. The molecule has 0 radical (unpaired) electrons. The number of hydrogen-bond donors (Lipinski definition) is 1. The third-order valence-electron chi connectivity index (χ3n) is 5.81. The molecule has 3 aromatic carbocycles. The van der Waals surface area contributed by atoms with Gasteiger partial charge in [0.2, 0.25) is 11.8 Å². The van der Waals surface area contributed by atoms with Gasteiger partial charge in [0.15, 0.2) is 0 Å². The van der Waals surface area contributed by atoms with Gasteiger partial charge in [0, 0.05) is 23.1 Å². The van der Waals surface area contributed by atoms with Crippen LogP contribution >= 0.6 is 23.2 Å². The lowest BCUT2D eigenvalue weighted by atomic mass is 10.1. The summed E-state index contributed by atoms with van der Waals surface area (Å²) in [5.41, 5.74) is 1.70. The minimum Gasteiger partial charge on any atom is -0.355 e. The van der Waals surface area contributed by atoms with Gasteiger partial charge >= 0.3 is 0 Å². The van der Waals surface area contributed by atoms with Crippen molar-refractivity contribution in [1.29, 1.82) is 0 Å². The Kier molecular flexibility index (Phi) is 9.59. The number of benzene rings is 3. The number of anilines is 1. The van der Waals surface area contributed by atoms with Crippen molar-refractivity contribution in [2.75, 3.05) is 17.4 Å². The molecule has 0 bridgehead atoms. The fourth-order valence-corrected chi connectivity index (χ4v) is 5.54. The van der Waals surface area contributed by atoms with Gasteiger partial charge in [-0.25, -0.2) is 8.42 Å². The normalized spacial score (nSPS) is 12.0. The summed E-state index contributed by atoms with van der Waals surface area (Å²) in [5.74, 6) is -0.913. The molecule has 3 rings (SSSR count). The van der Waals surface area contributed by atoms with Crippen LogP contribution in [0.15, 0.2) is 77.7 Å². The number of halogens is 2. The van der Waals surface area contributed by atoms with Gasteiger partial charge in [0.25, 0.3) is 10.0 Å². The highest BCUT2D eigenvalue weighted by molar-refractivity contribution is 7.92. The lowest BCUT2D eigenvalue weighted by Gasteiger charge is -2.32. The number of aryl methyl sites for hydroxylation is 1. The van der Waals surface area contributed by atoms with Crippen LogP contribution in [-0.2, 0) is 26.2 Å². The van der Waals surface area contributed by atoms with Crippen LogP contribution in [0, 0.1) is 6.92 Å². The Morgan fingerprint density at radius 3 is 2.30 bits per heavy atom. The summed E-state index contributed by atoms with van der Waals surface area (Å²) in [6.45, 7) is 5.09. The number of hydrogen-bond acceptors (Lipinski definition) is 4. The van der Waals surface area contributed by atoms with E-state index in [9.17, 15) is 18.0 Å². The first-order valence-electron chi connectivity index (χ1n) is 11.7. The van der Waals surface area contributed by atoms with Crippen molar-refractivity contribution in [3.63, 3.8) is 0 Å². The van der Waals surface area contributed by atoms with Crippen LogP contribution in [-0.4, -0.2) is 44.3 Å². The number of rotatable bonds is 10. The Hall–Kier alpha value is -3.07. The van der Waals surface area contributed by atoms with Gasteiger partial charge in [0.1, 0.15) is 12.6 Å². The summed E-state index contributed by atoms with van der Waals surface area (Å²) in [6, 6.07) is 18.7. The third kappa shape index (κ3) is 7.03. The highest BCUT2D eigenvalue weighted by atomic mass is 35.5. The quantitative estimate of drug-likeness (QED) is 0.375. The first-order chi connectivity index (χ1) is 17.5. The Morgan fingerprint density at radius 2 is 1.68 bits per heavy atom. The molecule has 196 valence electrons. The molecule has 0 heterocycles. The molecule has 37 heavy (non-hydrogen) atoms. The van der Waals surface area contributed by atoms with E-state index >= 15 is 0 Å². The molecule has 1 atom stereocenters. The van der Waals surface area contributed by atoms with Crippen LogP contribution in [0.5, 0.6) is 0 Å². The molecule has 0 spiro atoms. The Bertz CT molecular complexity index is 1370. The number of likely N-dealkylation sites (N-methyl/N-ethyl adjacent to an activating group) is 1. The van der Waals surface area contributed by atoms with E-state index in [1.54, 1.807) is 75.4 Å². The Balaban J connectivity index is 2.04. The van der Waals surface area contributed by atoms with Crippen LogP contribution in [0.1, 0.15) is 25.0 Å². The van der Waals surface area contributed by atoms with Crippen molar-refractivity contribution in [2.24, 2.45) is 0 Å². The lowest BCUT2D eigenvalue weighted by molar-refractivity contribution is -0.139. The van der Waals surface area contributed by atoms with E-state index in [1.807, 2.05) is 0 Å². The minimum absolute atomic E-state index is 0.0256. The fraction of sp³-hybridized carbons (Fsp3) is 0.259. The summed E-state index contributed by atoms with van der Waals surface area (Å²) in [4.78, 5) is 27.9. The monoisotopic (exact) mass is 561 g/mol. The fourth-order valence-electron chi connectivity index (χ4n) is 3.72. The smallest absolute Gasteiger partial charge is 0.264 e. The van der Waals surface area contributed by atoms with Gasteiger partial charge in [-0.3, -0.25) is 13.9 Å². The molecule has 0 unspecified atom stereocenters. The number of amides is 2. The molecule has 0 aliphatic carbocycles. The maximum atomic E-state index is 13.8. The SMILES string of the molecule is CCNC(=O)[C@@H](C)N(Cc1cccc(Cl)c1)C(=O)CN(c1ccc(C)c(Cl)c1)S(=O)(=O)c1ccccc1. The molecular formula is C27H29Cl2N3O4S. The number of carbonyl (C=O) groups excluding carboxylic acids is 2. The molecular weight excluding hydrogens is 533 g/mol. The first kappa shape index (κ1) is 28.5. The lowest BCUT2D eigenvalue weighted by Crippen LogP contribution is -2.51. The largest absolute Gasteiger partial charge is 0.355 e. The van der Waals surface area contributed by atoms with Gasteiger partial charge in [-0.1, -0.05) is 59.6 Å². The van der Waals surface area contributed by atoms with E-state index < -0.39 is 28.5 Å². The van der Waals surface area contributed by atoms with E-state index in [0.29, 0.717) is 22.2 Å². The van der Waals surface area contributed by atoms with Gasteiger partial charge < -0.3 is 10.2 Å². The van der Waals surface area contributed by atoms with Crippen LogP contribution in [0.4, 0.5) is 5.69 Å². The van der Waals surface area contributed by atoms with E-state index in [0.717, 1.165) is 9.87 Å². The average molecular weight is 563 g/mol. The number of nitrogens with zero attached hydrogens (tertiary/aromatic N) is 2. The summed E-state index contributed by atoms with van der Waals surface area (Å²) in [5, 5.41) is 3.57. The summed E-state index contributed by atoms with van der Waals surface area (Å²) in [7, 11) is -4.14. The van der Waals surface area contributed by atoms with Crippen LogP contribution in [0.3, 0.4) is 0 Å². The predicted molar refractivity (Wildman–Crippen MR) is 147 cm³/mol. The van der Waals surface area contributed by atoms with Crippen molar-refractivity contribution < 1.29 is 18.0 Å². The standard InChI is InChI=1S/C27H29Cl2N3O4S/c1-4-30-27(34)20(3)31(17-21-9-8-10-22(28)15-21)26(33)18-32(23-14-13-19(2)25(29)16-23)37(35,36)24-11-6-5-7-12-24/h5-16,20H,4,17-18H2,1-3H3,(H,30,34)/t20-/m1/s1. The Morgan fingerprint density at radius 1 is 0.973 bits per heavy atom. The van der Waals surface area contributed by atoms with Gasteiger partial charge in [-0.2, -0.15) is 0 Å². The second-order valence-electron chi connectivity index (χ2n) is 8.48. The number of sulfonamides is 1. The average Bonchev–Trinajstić information content (AvgIpc) is 2.87. The molecule has 10 heteroatoms. The molecule has 0 aliphatic rings. The molecule has 0 saturated heterocycles. The number of carbonyl (C=O) groups is 2. The van der Waals surface area contributed by atoms with E-state index in [4.69, 9.17) is 23.2 Å². The molecule has 0 fully saturated rings. The topological polar surface area (TPSA) is 86.8 Å². The Labute approximate surface area is 228 Å². The molecule has 7 nitrogen and oxygen atoms in total. The summed E-state index contributed by atoms with van der Waals surface area (Å²) >= 11 is 12.5. The van der Waals surface area contributed by atoms with Crippen molar-refractivity contribution >= 4 is 50.7 Å². The molecule has 0 aromatic heterocycles. The zero-order valence-electron chi connectivity index (χ0n) is 20.8. The highest BCUT2D eigenvalue weighted by Gasteiger charge is 2.32. The van der Waals surface area contributed by atoms with Crippen LogP contribution in [0.25, 0.3) is 0 Å². The zero-order valence-corrected chi connectivity index (χ0v) is 23.1. The summed E-state index contributed by atoms with van der Waals surface area (Å²) < 4.78 is 28.4. The zero-order chi connectivity index (χ0) is 27.2. The van der Waals surface area contributed by atoms with Crippen molar-refractivity contribution in [3.05, 3.63) is 94.0 Å². The minimum atomic E-state index is -4.14. The van der Waals surface area contributed by atoms with Crippen LogP contribution < -0.4 is 9.62 Å². The highest BCUT2D eigenvalue weighted by Crippen LogP contribution is 2.28. The second kappa shape index (κ2) is 12.4. The maximum Gasteiger partial charge on any atom is 0.264 e. The molecule has 2 amide bonds. The van der Waals surface area contributed by atoms with Crippen molar-refractivity contribution in [1.82, 2.24) is 10.2 Å². The summed E-state index contributed by atoms with van der Waals surface area (Å²) in [6.07, 6.45) is 0. The number of nitrogens with one attached hydrogen (secondary N) is 1. The van der Waals surface area contributed by atoms with E-state index in [1.165, 1.54) is 23.1 Å². The van der Waals surface area contributed by atoms with Gasteiger partial charge in [-0.05, 0) is 68.3 Å². The van der Waals surface area contributed by atoms with E-state index in [2.05, 4.69) is 5.32 Å².